The van der Waals surface area contributed by atoms with Gasteiger partial charge in [-0.15, -0.1) is 0 Å². The first-order chi connectivity index (χ1) is 41.2. The van der Waals surface area contributed by atoms with Crippen LogP contribution in [0.2, 0.25) is 0 Å². The summed E-state index contributed by atoms with van der Waals surface area (Å²) < 4.78 is 67.8. The Morgan fingerprint density at radius 1 is 0.282 bits per heavy atom. The first-order valence-corrected chi connectivity index (χ1v) is 37.8. The second-order valence-electron chi connectivity index (χ2n) is 23.9. The van der Waals surface area contributed by atoms with Gasteiger partial charge in [-0.3, -0.25) is 37.3 Å². The van der Waals surface area contributed by atoms with Gasteiger partial charge in [0.25, 0.3) is 0 Å². The Balaban J connectivity index is 5.10. The highest BCUT2D eigenvalue weighted by molar-refractivity contribution is 7.47. The molecule has 0 fully saturated rings. The van der Waals surface area contributed by atoms with Crippen LogP contribution in [-0.4, -0.2) is 96.7 Å². The molecular formula is C66H128O17P2. The van der Waals surface area contributed by atoms with Crippen LogP contribution in [0, 0.1) is 0 Å². The molecule has 0 aromatic rings. The van der Waals surface area contributed by atoms with Crippen molar-refractivity contribution in [3.8, 4) is 0 Å². The van der Waals surface area contributed by atoms with Gasteiger partial charge >= 0.3 is 39.5 Å². The van der Waals surface area contributed by atoms with Crippen LogP contribution in [0.1, 0.15) is 342 Å². The van der Waals surface area contributed by atoms with E-state index in [2.05, 4.69) is 27.7 Å². The first kappa shape index (κ1) is 83.1. The number of rotatable bonds is 67. The molecule has 0 amide bonds. The van der Waals surface area contributed by atoms with Gasteiger partial charge in [-0.2, -0.15) is 0 Å². The molecule has 19 heteroatoms. The van der Waals surface area contributed by atoms with Crippen molar-refractivity contribution in [2.24, 2.45) is 0 Å². The van der Waals surface area contributed by atoms with Crippen molar-refractivity contribution in [3.05, 3.63) is 0 Å². The number of ether oxygens (including phenoxy) is 4. The van der Waals surface area contributed by atoms with E-state index in [-0.39, 0.29) is 25.7 Å². The largest absolute Gasteiger partial charge is 0.472 e. The number of unbranched alkanes of at least 4 members (excludes halogenated alkanes) is 41. The lowest BCUT2D eigenvalue weighted by Gasteiger charge is -2.21. The Kier molecular flexibility index (Phi) is 59.6. The Hall–Kier alpha value is -1.94. The molecule has 2 unspecified atom stereocenters. The minimum absolute atomic E-state index is 0.104. The predicted octanol–water partition coefficient (Wildman–Crippen LogP) is 18.7. The van der Waals surface area contributed by atoms with E-state index >= 15 is 0 Å². The SMILES string of the molecule is CCCCCCCCCCCCCCCCCCCCCCC(=O)O[C@H](COC(=O)CCCCCCCCCCCCC)COP(=O)(O)OC[C@@H](O)COP(=O)(O)OC[C@@H](COC(=O)CCCCCCCCC)OC(=O)CCCCCCCCC. The molecule has 0 aliphatic heterocycles. The standard InChI is InChI=1S/C66H128O17P2/c1-5-9-13-17-21-23-25-26-27-28-29-30-31-32-33-35-37-41-45-49-53-66(71)83-62(57-77-64(69)51-47-43-40-36-34-24-22-18-14-10-6-2)59-81-85(74,75)79-55-60(67)54-78-84(72,73)80-58-61(82-65(70)52-48-44-39-20-16-12-8-4)56-76-63(68)50-46-42-38-19-15-11-7-3/h60-62,67H,5-59H2,1-4H3,(H,72,73)(H,74,75)/t60-,61+,62+/m0/s1. The summed E-state index contributed by atoms with van der Waals surface area (Å²) in [7, 11) is -9.88. The molecule has 0 aromatic heterocycles. The van der Waals surface area contributed by atoms with Crippen molar-refractivity contribution < 1.29 is 80.2 Å². The number of aliphatic hydroxyl groups excluding tert-OH is 1. The average Bonchev–Trinajstić information content (AvgIpc) is 3.59. The van der Waals surface area contributed by atoms with Crippen LogP contribution in [0.15, 0.2) is 0 Å². The Bertz CT molecular complexity index is 1640. The summed E-state index contributed by atoms with van der Waals surface area (Å²) in [5, 5.41) is 10.5. The van der Waals surface area contributed by atoms with E-state index in [0.717, 1.165) is 116 Å². The fourth-order valence-electron chi connectivity index (χ4n) is 9.99. The highest BCUT2D eigenvalue weighted by Crippen LogP contribution is 2.45. The van der Waals surface area contributed by atoms with Gasteiger partial charge in [-0.1, -0.05) is 291 Å². The minimum Gasteiger partial charge on any atom is -0.462 e. The van der Waals surface area contributed by atoms with E-state index in [1.165, 1.54) is 148 Å². The van der Waals surface area contributed by atoms with Crippen molar-refractivity contribution in [1.82, 2.24) is 0 Å². The molecule has 0 heterocycles. The quantitative estimate of drug-likeness (QED) is 0.0222. The molecule has 85 heavy (non-hydrogen) atoms. The molecule has 0 spiro atoms. The predicted molar refractivity (Wildman–Crippen MR) is 340 cm³/mol. The Morgan fingerprint density at radius 2 is 0.471 bits per heavy atom. The third-order valence-corrected chi connectivity index (χ3v) is 17.3. The van der Waals surface area contributed by atoms with Gasteiger partial charge in [0.05, 0.1) is 26.4 Å². The Morgan fingerprint density at radius 3 is 0.694 bits per heavy atom. The number of aliphatic hydroxyl groups is 1. The number of hydrogen-bond acceptors (Lipinski definition) is 15. The average molecular weight is 1260 g/mol. The fourth-order valence-corrected chi connectivity index (χ4v) is 11.6. The molecule has 0 saturated carbocycles. The number of hydrogen-bond donors (Lipinski definition) is 3. The van der Waals surface area contributed by atoms with Gasteiger partial charge in [-0.05, 0) is 25.7 Å². The third-order valence-electron chi connectivity index (χ3n) is 15.4. The lowest BCUT2D eigenvalue weighted by atomic mass is 10.0. The highest BCUT2D eigenvalue weighted by atomic mass is 31.2. The minimum atomic E-state index is -4.94. The molecule has 17 nitrogen and oxygen atoms in total. The summed E-state index contributed by atoms with van der Waals surface area (Å²) in [5.41, 5.74) is 0. The van der Waals surface area contributed by atoms with E-state index in [0.29, 0.717) is 25.7 Å². The van der Waals surface area contributed by atoms with Gasteiger partial charge in [0, 0.05) is 25.7 Å². The molecule has 504 valence electrons. The fraction of sp³-hybridized carbons (Fsp3) is 0.939. The summed E-state index contributed by atoms with van der Waals surface area (Å²) in [6.45, 7) is 4.82. The van der Waals surface area contributed by atoms with Gasteiger partial charge in [0.1, 0.15) is 19.3 Å². The monoisotopic (exact) mass is 1250 g/mol. The molecule has 5 atom stereocenters. The molecule has 0 saturated heterocycles. The third kappa shape index (κ3) is 60.7. The van der Waals surface area contributed by atoms with Gasteiger partial charge in [0.15, 0.2) is 12.2 Å². The Labute approximate surface area is 517 Å². The molecule has 0 aliphatic carbocycles. The van der Waals surface area contributed by atoms with Crippen LogP contribution in [0.4, 0.5) is 0 Å². The van der Waals surface area contributed by atoms with Crippen LogP contribution in [0.3, 0.4) is 0 Å². The maximum atomic E-state index is 13.0. The highest BCUT2D eigenvalue weighted by Gasteiger charge is 2.30. The van der Waals surface area contributed by atoms with E-state index in [1.807, 2.05) is 0 Å². The topological polar surface area (TPSA) is 237 Å². The van der Waals surface area contributed by atoms with E-state index < -0.39 is 97.5 Å². The smallest absolute Gasteiger partial charge is 0.462 e. The molecular weight excluding hydrogens is 1130 g/mol. The summed E-state index contributed by atoms with van der Waals surface area (Å²) >= 11 is 0. The number of phosphoric acid groups is 2. The molecule has 0 aromatic carbocycles. The van der Waals surface area contributed by atoms with Crippen LogP contribution in [0.25, 0.3) is 0 Å². The molecule has 3 N–H and O–H groups in total. The van der Waals surface area contributed by atoms with Gasteiger partial charge in [-0.25, -0.2) is 9.13 Å². The molecule has 0 rings (SSSR count). The van der Waals surface area contributed by atoms with E-state index in [9.17, 15) is 43.2 Å². The van der Waals surface area contributed by atoms with Crippen molar-refractivity contribution in [1.29, 1.82) is 0 Å². The molecule has 0 aliphatic rings. The lowest BCUT2D eigenvalue weighted by molar-refractivity contribution is -0.161. The number of phosphoric ester groups is 2. The van der Waals surface area contributed by atoms with Crippen LogP contribution in [0.5, 0.6) is 0 Å². The molecule has 0 bridgehead atoms. The van der Waals surface area contributed by atoms with Gasteiger partial charge in [0.2, 0.25) is 0 Å². The molecule has 0 radical (unpaired) electrons. The maximum absolute atomic E-state index is 13.0. The van der Waals surface area contributed by atoms with Crippen LogP contribution < -0.4 is 0 Å². The zero-order chi connectivity index (χ0) is 62.6. The van der Waals surface area contributed by atoms with Crippen molar-refractivity contribution >= 4 is 39.5 Å². The number of carbonyl (C=O) groups is 4. The summed E-state index contributed by atoms with van der Waals surface area (Å²) in [5.74, 6) is -2.14. The van der Waals surface area contributed by atoms with Crippen LogP contribution >= 0.6 is 15.6 Å². The van der Waals surface area contributed by atoms with Crippen LogP contribution in [-0.2, 0) is 65.4 Å². The zero-order valence-corrected chi connectivity index (χ0v) is 56.4. The maximum Gasteiger partial charge on any atom is 0.472 e. The lowest BCUT2D eigenvalue weighted by Crippen LogP contribution is -2.30. The van der Waals surface area contributed by atoms with E-state index in [4.69, 9.17) is 37.0 Å². The number of carbonyl (C=O) groups excluding carboxylic acids is 4. The summed E-state index contributed by atoms with van der Waals surface area (Å²) in [6, 6.07) is 0. The van der Waals surface area contributed by atoms with Crippen molar-refractivity contribution in [2.75, 3.05) is 39.6 Å². The normalized spacial score (nSPS) is 14.1. The zero-order valence-electron chi connectivity index (χ0n) is 54.6. The van der Waals surface area contributed by atoms with Crippen molar-refractivity contribution in [2.45, 2.75) is 361 Å². The first-order valence-electron chi connectivity index (χ1n) is 34.8. The van der Waals surface area contributed by atoms with Gasteiger partial charge < -0.3 is 33.8 Å². The summed E-state index contributed by atoms with van der Waals surface area (Å²) in [4.78, 5) is 72.0. The van der Waals surface area contributed by atoms with Crippen molar-refractivity contribution in [3.63, 3.8) is 0 Å². The second-order valence-corrected chi connectivity index (χ2v) is 26.8. The second kappa shape index (κ2) is 60.9. The van der Waals surface area contributed by atoms with E-state index in [1.54, 1.807) is 0 Å². The number of esters is 4. The summed E-state index contributed by atoms with van der Waals surface area (Å²) in [6.07, 6.45) is 47.6.